The molecule has 2 heterocycles. The van der Waals surface area contributed by atoms with Gasteiger partial charge in [-0.05, 0) is 66.2 Å². The van der Waals surface area contributed by atoms with Crippen molar-refractivity contribution in [3.63, 3.8) is 0 Å². The van der Waals surface area contributed by atoms with Gasteiger partial charge in [0.15, 0.2) is 10.8 Å². The number of benzene rings is 6. The Morgan fingerprint density at radius 2 is 1.32 bits per heavy atom. The third-order valence-corrected chi connectivity index (χ3v) is 10.2. The first-order valence-corrected chi connectivity index (χ1v) is 18.5. The molecule has 8 N–H and O–H groups in total. The summed E-state index contributed by atoms with van der Waals surface area (Å²) in [5, 5.41) is 33.1. The van der Waals surface area contributed by atoms with Crippen molar-refractivity contribution in [2.75, 3.05) is 18.8 Å². The van der Waals surface area contributed by atoms with Gasteiger partial charge in [0.2, 0.25) is 0 Å². The fourth-order valence-corrected chi connectivity index (χ4v) is 7.55. The van der Waals surface area contributed by atoms with E-state index in [1.807, 2.05) is 0 Å². The highest BCUT2D eigenvalue weighted by molar-refractivity contribution is 6.41. The van der Waals surface area contributed by atoms with Crippen LogP contribution >= 0.6 is 23.2 Å². The van der Waals surface area contributed by atoms with Gasteiger partial charge in [0, 0.05) is 87.2 Å². The van der Waals surface area contributed by atoms with Crippen molar-refractivity contribution < 1.29 is 48.4 Å². The number of aromatic hydroxyl groups is 1. The van der Waals surface area contributed by atoms with Crippen LogP contribution in [0.15, 0.2) is 117 Å². The number of fused-ring (bicyclic) bond motifs is 4. The van der Waals surface area contributed by atoms with Gasteiger partial charge in [-0.25, -0.2) is 4.79 Å². The van der Waals surface area contributed by atoms with E-state index in [1.165, 1.54) is 30.3 Å². The minimum Gasteiger partial charge on any atom is -0.508 e. The molecule has 0 spiro atoms. The molecule has 0 bridgehead atoms. The van der Waals surface area contributed by atoms with Gasteiger partial charge in [0.25, 0.3) is 11.8 Å². The molecule has 0 fully saturated rings. The molecule has 298 valence electrons. The average molecular weight is 845 g/mol. The first kappa shape index (κ1) is 40.4. The number of carboxylic acids is 1. The Kier molecular flexibility index (Phi) is 11.2. The van der Waals surface area contributed by atoms with Crippen molar-refractivity contribution in [1.29, 1.82) is 0 Å². The quantitative estimate of drug-likeness (QED) is 0.0624. The maximum Gasteiger partial charge on any atom is 0.373 e. The van der Waals surface area contributed by atoms with E-state index in [2.05, 4.69) is 10.6 Å². The molecule has 14 nitrogen and oxygen atoms in total. The summed E-state index contributed by atoms with van der Waals surface area (Å²) in [5.41, 5.74) is 9.88. The number of carbonyl (C=O) groups excluding carboxylic acids is 4. The van der Waals surface area contributed by atoms with Crippen molar-refractivity contribution in [3.8, 4) is 50.7 Å². The standard InChI is InChI=1S/C43H28Cl2N4O8.CO2/c44-31-19-30(40(45)39(43(54)55)38(31)37-28-9-5-22(46)15-32(28)56-33-16-23(47)6-10-29(33)37)42(53)49-14-13-48-41(52)21-3-1-20(2-4-21)36-26-11-7-24(50)17-34(26)57-35-18-25(51)8-12-27(35)36;2-1-3/h1-12,15-19,46,50H,13-14,47H2,(H,48,52)(H,49,53)(H,54,55);/p+1. The third-order valence-electron chi connectivity index (χ3n) is 9.50. The Balaban J connectivity index is 0.00000176. The lowest BCUT2D eigenvalue weighted by Gasteiger charge is -2.20. The van der Waals surface area contributed by atoms with Crippen LogP contribution in [0.4, 0.5) is 5.69 Å². The number of carbonyl (C=O) groups is 3. The van der Waals surface area contributed by atoms with Gasteiger partial charge in [0.05, 0.1) is 27.2 Å². The van der Waals surface area contributed by atoms with Gasteiger partial charge in [-0.1, -0.05) is 35.3 Å². The van der Waals surface area contributed by atoms with Crippen molar-refractivity contribution in [2.45, 2.75) is 0 Å². The molecule has 8 rings (SSSR count). The van der Waals surface area contributed by atoms with Gasteiger partial charge >= 0.3 is 12.1 Å². The molecule has 0 saturated carbocycles. The zero-order chi connectivity index (χ0) is 42.8. The van der Waals surface area contributed by atoms with E-state index in [9.17, 15) is 29.4 Å². The number of phenols is 1. The molecular weight excluding hydrogens is 815 g/mol. The summed E-state index contributed by atoms with van der Waals surface area (Å²) in [6.45, 7) is -0.00506. The second kappa shape index (κ2) is 16.6. The summed E-state index contributed by atoms with van der Waals surface area (Å²) < 4.78 is 12.0. The minimum atomic E-state index is -1.42. The normalized spacial score (nSPS) is 10.9. The van der Waals surface area contributed by atoms with Gasteiger partial charge in [0.1, 0.15) is 28.4 Å². The summed E-state index contributed by atoms with van der Waals surface area (Å²) in [5.74, 6) is -1.83. The van der Waals surface area contributed by atoms with E-state index in [0.717, 1.165) is 11.1 Å². The smallest absolute Gasteiger partial charge is 0.373 e. The molecule has 2 aliphatic heterocycles. The topological polar surface area (TPSA) is 245 Å². The lowest BCUT2D eigenvalue weighted by Crippen LogP contribution is -2.44. The van der Waals surface area contributed by atoms with E-state index in [0.29, 0.717) is 66.8 Å². The molecule has 0 saturated heterocycles. The molecule has 0 atom stereocenters. The van der Waals surface area contributed by atoms with Crippen LogP contribution < -0.4 is 32.6 Å². The van der Waals surface area contributed by atoms with Crippen molar-refractivity contribution >= 4 is 74.8 Å². The predicted molar refractivity (Wildman–Crippen MR) is 221 cm³/mol. The highest BCUT2D eigenvalue weighted by Gasteiger charge is 2.29. The summed E-state index contributed by atoms with van der Waals surface area (Å²) in [7, 11) is 0. The minimum absolute atomic E-state index is 0.00805. The summed E-state index contributed by atoms with van der Waals surface area (Å²) in [4.78, 5) is 67.6. The maximum absolute atomic E-state index is 13.4. The van der Waals surface area contributed by atoms with Gasteiger partial charge in [-0.2, -0.15) is 9.59 Å². The maximum atomic E-state index is 13.4. The van der Waals surface area contributed by atoms with E-state index in [1.54, 1.807) is 72.8 Å². The molecule has 0 radical (unpaired) electrons. The monoisotopic (exact) mass is 843 g/mol. The molecule has 2 amide bonds. The second-order valence-electron chi connectivity index (χ2n) is 13.3. The number of nitrogen functional groups attached to an aromatic ring is 1. The average Bonchev–Trinajstić information content (AvgIpc) is 3.21. The number of rotatable bonds is 8. The molecule has 4 aliphatic rings. The van der Waals surface area contributed by atoms with Gasteiger partial charge in [-0.15, -0.1) is 0 Å². The molecule has 4 aromatic carbocycles. The van der Waals surface area contributed by atoms with Crippen LogP contribution in [0.1, 0.15) is 31.1 Å². The molecular formula is C44H29Cl2N4O10+. The van der Waals surface area contributed by atoms with Crippen LogP contribution in [-0.2, 0) is 9.59 Å². The van der Waals surface area contributed by atoms with E-state index >= 15 is 0 Å². The fourth-order valence-electron chi connectivity index (χ4n) is 6.94. The molecule has 0 aromatic heterocycles. The van der Waals surface area contributed by atoms with Gasteiger partial charge in [-0.3, -0.25) is 19.8 Å². The Morgan fingerprint density at radius 3 is 2.02 bits per heavy atom. The molecule has 60 heavy (non-hydrogen) atoms. The van der Waals surface area contributed by atoms with Crippen LogP contribution in [0.5, 0.6) is 5.75 Å². The number of hydrogen-bond acceptors (Lipinski definition) is 10. The van der Waals surface area contributed by atoms with Crippen molar-refractivity contribution in [2.24, 2.45) is 0 Å². The summed E-state index contributed by atoms with van der Waals surface area (Å²) >= 11 is 13.5. The first-order valence-electron chi connectivity index (χ1n) is 17.8. The number of amides is 2. The van der Waals surface area contributed by atoms with Crippen LogP contribution in [0.25, 0.3) is 66.8 Å². The second-order valence-corrected chi connectivity index (χ2v) is 14.0. The number of aromatic carboxylic acids is 1. The lowest BCUT2D eigenvalue weighted by atomic mass is 9.89. The van der Waals surface area contributed by atoms with Gasteiger partial charge < -0.3 is 35.4 Å². The molecule has 0 unspecified atom stereocenters. The Morgan fingerprint density at radius 1 is 0.717 bits per heavy atom. The highest BCUT2D eigenvalue weighted by Crippen LogP contribution is 2.47. The van der Waals surface area contributed by atoms with E-state index in [-0.39, 0.29) is 51.6 Å². The number of hydrogen-bond donors (Lipinski definition) is 6. The zero-order valence-corrected chi connectivity index (χ0v) is 32.3. The Bertz CT molecular complexity index is 3140. The number of nitrogens with one attached hydrogen (secondary N) is 2. The highest BCUT2D eigenvalue weighted by atomic mass is 35.5. The van der Waals surface area contributed by atoms with E-state index < -0.39 is 23.3 Å². The third kappa shape index (κ3) is 7.76. The number of phenolic OH excluding ortho intramolecular Hbond substituents is 1. The first-order chi connectivity index (χ1) is 28.8. The number of nitrogens with two attached hydrogens (primary N) is 2. The van der Waals surface area contributed by atoms with Crippen LogP contribution in [0.3, 0.4) is 0 Å². The van der Waals surface area contributed by atoms with Crippen LogP contribution in [-0.4, -0.2) is 47.2 Å². The molecule has 4 aromatic rings. The summed E-state index contributed by atoms with van der Waals surface area (Å²) in [6.07, 6.45) is 0.250. The Labute approximate surface area is 347 Å². The zero-order valence-electron chi connectivity index (χ0n) is 30.8. The van der Waals surface area contributed by atoms with Crippen LogP contribution in [0, 0.1) is 0 Å². The number of carboxylic acid groups (broad SMARTS) is 1. The SMILES string of the molecule is Nc1ccc2c(-c3c(Cl)cc(C(=O)NCCNC(=O)c4ccc(-c5c6ccc(=O)cc-6oc6cc(O)ccc56)cc4)c(Cl)c3C(=O)O)c3ccc(=[NH2+])cc-3oc2c1.O=C=O. The predicted octanol–water partition coefficient (Wildman–Crippen LogP) is 5.61. The summed E-state index contributed by atoms with van der Waals surface area (Å²) in [6, 6.07) is 27.2. The van der Waals surface area contributed by atoms with Crippen LogP contribution in [0.2, 0.25) is 10.0 Å². The fraction of sp³-hybridized carbons (Fsp3) is 0.0455. The molecule has 16 heteroatoms. The number of anilines is 1. The van der Waals surface area contributed by atoms with Crippen molar-refractivity contribution in [3.05, 3.63) is 145 Å². The Hall–Kier alpha value is -7.77. The van der Waals surface area contributed by atoms with Crippen molar-refractivity contribution in [1.82, 2.24) is 10.6 Å². The van der Waals surface area contributed by atoms with E-state index in [4.69, 9.17) is 52.8 Å². The lowest BCUT2D eigenvalue weighted by molar-refractivity contribution is -0.191. The largest absolute Gasteiger partial charge is 0.508 e. The number of halogens is 2. The molecule has 2 aliphatic carbocycles.